The Morgan fingerprint density at radius 1 is 0.926 bits per heavy atom. The molecule has 0 aliphatic heterocycles. The maximum absolute atomic E-state index is 12.3. The van der Waals surface area contributed by atoms with Crippen molar-refractivity contribution in [1.82, 2.24) is 9.97 Å². The Balaban J connectivity index is 1.59. The lowest BCUT2D eigenvalue weighted by Gasteiger charge is -2.09. The van der Waals surface area contributed by atoms with Gasteiger partial charge in [0.05, 0.1) is 11.9 Å². The average molecular weight is 361 g/mol. The molecule has 1 aromatic carbocycles. The van der Waals surface area contributed by atoms with Crippen LogP contribution in [0.4, 0.5) is 17.1 Å². The minimum atomic E-state index is -0.323. The van der Waals surface area contributed by atoms with E-state index in [9.17, 15) is 9.59 Å². The summed E-state index contributed by atoms with van der Waals surface area (Å²) < 4.78 is 0. The minimum absolute atomic E-state index is 0.171. The third-order valence-corrected chi connectivity index (χ3v) is 3.68. The molecule has 7 heteroatoms. The lowest BCUT2D eigenvalue weighted by atomic mass is 10.2. The van der Waals surface area contributed by atoms with E-state index >= 15 is 0 Å². The Labute approximate surface area is 156 Å². The Kier molecular flexibility index (Phi) is 5.73. The van der Waals surface area contributed by atoms with E-state index in [1.54, 1.807) is 55.0 Å². The van der Waals surface area contributed by atoms with Gasteiger partial charge in [-0.05, 0) is 48.0 Å². The molecule has 3 aromatic rings. The predicted molar refractivity (Wildman–Crippen MR) is 104 cm³/mol. The lowest BCUT2D eigenvalue weighted by Crippen LogP contribution is -2.14. The summed E-state index contributed by atoms with van der Waals surface area (Å²) in [5, 5.41) is 8.68. The van der Waals surface area contributed by atoms with E-state index in [-0.39, 0.29) is 11.8 Å². The van der Waals surface area contributed by atoms with Gasteiger partial charge in [-0.2, -0.15) is 0 Å². The molecule has 2 aromatic heterocycles. The van der Waals surface area contributed by atoms with Crippen molar-refractivity contribution in [3.63, 3.8) is 0 Å². The number of nitrogens with one attached hydrogen (secondary N) is 3. The number of hydrogen-bond donors (Lipinski definition) is 3. The monoisotopic (exact) mass is 361 g/mol. The minimum Gasteiger partial charge on any atom is -0.380 e. The molecule has 0 saturated carbocycles. The predicted octanol–water partition coefficient (Wildman–Crippen LogP) is 3.30. The second kappa shape index (κ2) is 8.57. The maximum Gasteiger partial charge on any atom is 0.274 e. The molecule has 0 aliphatic carbocycles. The molecular weight excluding hydrogens is 342 g/mol. The first-order chi connectivity index (χ1) is 13.1. The fourth-order valence-corrected chi connectivity index (χ4v) is 2.41. The van der Waals surface area contributed by atoms with Crippen LogP contribution >= 0.6 is 0 Å². The van der Waals surface area contributed by atoms with Gasteiger partial charge in [0.2, 0.25) is 5.91 Å². The van der Waals surface area contributed by atoms with Crippen LogP contribution in [0, 0.1) is 0 Å². The fourth-order valence-electron chi connectivity index (χ4n) is 2.41. The van der Waals surface area contributed by atoms with E-state index in [4.69, 9.17) is 0 Å². The van der Waals surface area contributed by atoms with Crippen LogP contribution in [0.5, 0.6) is 0 Å². The third kappa shape index (κ3) is 5.37. The van der Waals surface area contributed by atoms with E-state index in [2.05, 4.69) is 25.9 Å². The van der Waals surface area contributed by atoms with E-state index < -0.39 is 0 Å². The SMILES string of the molecule is CC(=O)Nc1cccc(NC(=O)c2ccc(NCc3ccncc3)cn2)c1. The van der Waals surface area contributed by atoms with Crippen LogP contribution in [-0.2, 0) is 11.3 Å². The number of benzene rings is 1. The normalized spacial score (nSPS) is 10.1. The van der Waals surface area contributed by atoms with Crippen LogP contribution in [0.3, 0.4) is 0 Å². The molecule has 0 aliphatic rings. The summed E-state index contributed by atoms with van der Waals surface area (Å²) in [6.07, 6.45) is 5.09. The highest BCUT2D eigenvalue weighted by Crippen LogP contribution is 2.16. The molecular formula is C20H19N5O2. The number of hydrogen-bond acceptors (Lipinski definition) is 5. The molecule has 136 valence electrons. The van der Waals surface area contributed by atoms with Gasteiger partial charge in [0.15, 0.2) is 0 Å². The van der Waals surface area contributed by atoms with Crippen molar-refractivity contribution < 1.29 is 9.59 Å². The number of carbonyl (C=O) groups is 2. The average Bonchev–Trinajstić information content (AvgIpc) is 2.67. The molecule has 0 spiro atoms. The highest BCUT2D eigenvalue weighted by atomic mass is 16.2. The van der Waals surface area contributed by atoms with Crippen molar-refractivity contribution in [2.45, 2.75) is 13.5 Å². The Morgan fingerprint density at radius 2 is 1.67 bits per heavy atom. The molecule has 3 N–H and O–H groups in total. The zero-order valence-electron chi connectivity index (χ0n) is 14.8. The van der Waals surface area contributed by atoms with Crippen molar-refractivity contribution in [3.8, 4) is 0 Å². The summed E-state index contributed by atoms with van der Waals surface area (Å²) in [4.78, 5) is 31.7. The molecule has 0 radical (unpaired) electrons. The molecule has 0 saturated heterocycles. The summed E-state index contributed by atoms with van der Waals surface area (Å²) in [6, 6.07) is 14.2. The second-order valence-electron chi connectivity index (χ2n) is 5.86. The van der Waals surface area contributed by atoms with E-state index in [0.29, 0.717) is 23.6 Å². The van der Waals surface area contributed by atoms with Crippen LogP contribution < -0.4 is 16.0 Å². The summed E-state index contributed by atoms with van der Waals surface area (Å²) in [6.45, 7) is 2.07. The van der Waals surface area contributed by atoms with Gasteiger partial charge in [-0.15, -0.1) is 0 Å². The summed E-state index contributed by atoms with van der Waals surface area (Å²) in [5.41, 5.74) is 3.41. The molecule has 27 heavy (non-hydrogen) atoms. The van der Waals surface area contributed by atoms with Crippen LogP contribution in [0.2, 0.25) is 0 Å². The zero-order chi connectivity index (χ0) is 19.1. The largest absolute Gasteiger partial charge is 0.380 e. The summed E-state index contributed by atoms with van der Waals surface area (Å²) in [5.74, 6) is -0.495. The number of rotatable bonds is 6. The topological polar surface area (TPSA) is 96.0 Å². The first-order valence-electron chi connectivity index (χ1n) is 8.38. The Morgan fingerprint density at radius 3 is 2.33 bits per heavy atom. The molecule has 0 unspecified atom stereocenters. The lowest BCUT2D eigenvalue weighted by molar-refractivity contribution is -0.114. The molecule has 0 fully saturated rings. The van der Waals surface area contributed by atoms with Crippen molar-refractivity contribution in [2.75, 3.05) is 16.0 Å². The van der Waals surface area contributed by atoms with Crippen LogP contribution in [-0.4, -0.2) is 21.8 Å². The van der Waals surface area contributed by atoms with Gasteiger partial charge in [0.1, 0.15) is 5.69 Å². The first-order valence-corrected chi connectivity index (χ1v) is 8.38. The molecule has 3 rings (SSSR count). The van der Waals surface area contributed by atoms with Gasteiger partial charge in [0.25, 0.3) is 5.91 Å². The highest BCUT2D eigenvalue weighted by Gasteiger charge is 2.08. The van der Waals surface area contributed by atoms with Crippen LogP contribution in [0.15, 0.2) is 67.1 Å². The van der Waals surface area contributed by atoms with Gasteiger partial charge >= 0.3 is 0 Å². The number of pyridine rings is 2. The second-order valence-corrected chi connectivity index (χ2v) is 5.86. The number of amides is 2. The highest BCUT2D eigenvalue weighted by molar-refractivity contribution is 6.03. The third-order valence-electron chi connectivity index (χ3n) is 3.68. The molecule has 0 bridgehead atoms. The quantitative estimate of drug-likeness (QED) is 0.626. The van der Waals surface area contributed by atoms with Gasteiger partial charge < -0.3 is 16.0 Å². The van der Waals surface area contributed by atoms with Crippen LogP contribution in [0.1, 0.15) is 23.0 Å². The van der Waals surface area contributed by atoms with E-state index in [1.807, 2.05) is 12.1 Å². The fraction of sp³-hybridized carbons (Fsp3) is 0.100. The van der Waals surface area contributed by atoms with Crippen molar-refractivity contribution in [1.29, 1.82) is 0 Å². The van der Waals surface area contributed by atoms with E-state index in [0.717, 1.165) is 11.3 Å². The van der Waals surface area contributed by atoms with Crippen molar-refractivity contribution >= 4 is 28.9 Å². The number of carbonyl (C=O) groups excluding carboxylic acids is 2. The van der Waals surface area contributed by atoms with Gasteiger partial charge in [-0.3, -0.25) is 14.6 Å². The van der Waals surface area contributed by atoms with Crippen LogP contribution in [0.25, 0.3) is 0 Å². The van der Waals surface area contributed by atoms with Gasteiger partial charge in [-0.1, -0.05) is 6.07 Å². The molecule has 2 heterocycles. The van der Waals surface area contributed by atoms with Crippen molar-refractivity contribution in [2.24, 2.45) is 0 Å². The zero-order valence-corrected chi connectivity index (χ0v) is 14.8. The summed E-state index contributed by atoms with van der Waals surface area (Å²) >= 11 is 0. The Hall–Kier alpha value is -3.74. The maximum atomic E-state index is 12.3. The molecule has 7 nitrogen and oxygen atoms in total. The first kappa shape index (κ1) is 18.1. The van der Waals surface area contributed by atoms with Gasteiger partial charge in [0, 0.05) is 37.2 Å². The Bertz CT molecular complexity index is 927. The molecule has 2 amide bonds. The van der Waals surface area contributed by atoms with Gasteiger partial charge in [-0.25, -0.2) is 4.98 Å². The smallest absolute Gasteiger partial charge is 0.274 e. The summed E-state index contributed by atoms with van der Waals surface area (Å²) in [7, 11) is 0. The number of aromatic nitrogens is 2. The van der Waals surface area contributed by atoms with E-state index in [1.165, 1.54) is 6.92 Å². The molecule has 0 atom stereocenters. The number of nitrogens with zero attached hydrogens (tertiary/aromatic N) is 2. The standard InChI is InChI=1S/C20H19N5O2/c1-14(26)24-16-3-2-4-17(11-16)25-20(27)19-6-5-18(13-23-19)22-12-15-7-9-21-10-8-15/h2-11,13,22H,12H2,1H3,(H,24,26)(H,25,27). The number of anilines is 3. The van der Waals surface area contributed by atoms with Crippen molar-refractivity contribution in [3.05, 3.63) is 78.4 Å².